The Balaban J connectivity index is 2.00. The third-order valence-electron chi connectivity index (χ3n) is 3.46. The minimum absolute atomic E-state index is 0.163. The first-order valence-corrected chi connectivity index (χ1v) is 7.17. The first-order valence-electron chi connectivity index (χ1n) is 7.17. The molecule has 0 saturated carbocycles. The van der Waals surface area contributed by atoms with Crippen molar-refractivity contribution in [2.75, 3.05) is 13.7 Å². The predicted molar refractivity (Wildman–Crippen MR) is 84.2 cm³/mol. The molecule has 0 bridgehead atoms. The largest absolute Gasteiger partial charge is 0.496 e. The maximum atomic E-state index is 12.1. The van der Waals surface area contributed by atoms with Gasteiger partial charge in [-0.25, -0.2) is 4.79 Å². The van der Waals surface area contributed by atoms with Crippen LogP contribution in [-0.4, -0.2) is 30.6 Å². The second kappa shape index (κ2) is 7.00. The van der Waals surface area contributed by atoms with Gasteiger partial charge in [0.2, 0.25) is 0 Å². The standard InChI is InChI=1S/C17H19NO5/c1-10-8-11(2)23-15(10)16(19)18-7-6-12-4-5-13(17(20)21)9-14(12)22-3/h4-5,8-9H,6-7H2,1-3H3,(H,18,19)(H,20,21). The molecule has 1 aromatic carbocycles. The Hall–Kier alpha value is -2.76. The summed E-state index contributed by atoms with van der Waals surface area (Å²) >= 11 is 0. The van der Waals surface area contributed by atoms with Crippen molar-refractivity contribution < 1.29 is 23.8 Å². The van der Waals surface area contributed by atoms with Gasteiger partial charge in [0.1, 0.15) is 11.5 Å². The molecule has 1 aromatic heterocycles. The smallest absolute Gasteiger partial charge is 0.335 e. The van der Waals surface area contributed by atoms with Gasteiger partial charge in [-0.05, 0) is 44.0 Å². The second-order valence-corrected chi connectivity index (χ2v) is 5.21. The molecule has 1 amide bonds. The van der Waals surface area contributed by atoms with E-state index in [-0.39, 0.29) is 11.5 Å². The lowest BCUT2D eigenvalue weighted by molar-refractivity contribution is 0.0696. The van der Waals surface area contributed by atoms with Crippen LogP contribution in [-0.2, 0) is 6.42 Å². The van der Waals surface area contributed by atoms with Crippen molar-refractivity contribution in [3.8, 4) is 5.75 Å². The van der Waals surface area contributed by atoms with Crippen LogP contribution in [0.2, 0.25) is 0 Å². The summed E-state index contributed by atoms with van der Waals surface area (Å²) in [5.41, 5.74) is 1.78. The number of furan rings is 1. The lowest BCUT2D eigenvalue weighted by atomic mass is 10.1. The zero-order valence-electron chi connectivity index (χ0n) is 13.3. The topological polar surface area (TPSA) is 88.8 Å². The van der Waals surface area contributed by atoms with Gasteiger partial charge >= 0.3 is 5.97 Å². The van der Waals surface area contributed by atoms with E-state index in [2.05, 4.69) is 5.32 Å². The van der Waals surface area contributed by atoms with Crippen LogP contribution >= 0.6 is 0 Å². The molecule has 2 aromatic rings. The van der Waals surface area contributed by atoms with E-state index in [4.69, 9.17) is 14.3 Å². The fourth-order valence-electron chi connectivity index (χ4n) is 2.34. The maximum absolute atomic E-state index is 12.1. The number of carboxylic acid groups (broad SMARTS) is 1. The number of carbonyl (C=O) groups excluding carboxylic acids is 1. The zero-order chi connectivity index (χ0) is 17.0. The predicted octanol–water partition coefficient (Wildman–Crippen LogP) is 2.58. The number of carbonyl (C=O) groups is 2. The molecule has 0 radical (unpaired) electrons. The molecule has 0 saturated heterocycles. The van der Waals surface area contributed by atoms with Crippen LogP contribution in [0.5, 0.6) is 5.75 Å². The number of rotatable bonds is 6. The van der Waals surface area contributed by atoms with E-state index < -0.39 is 5.97 Å². The van der Waals surface area contributed by atoms with Crippen LogP contribution < -0.4 is 10.1 Å². The SMILES string of the molecule is COc1cc(C(=O)O)ccc1CCNC(=O)c1oc(C)cc1C. The molecule has 2 N–H and O–H groups in total. The summed E-state index contributed by atoms with van der Waals surface area (Å²) in [6.07, 6.45) is 0.521. The molecule has 6 nitrogen and oxygen atoms in total. The van der Waals surface area contributed by atoms with Gasteiger partial charge in [0.15, 0.2) is 5.76 Å². The van der Waals surface area contributed by atoms with Crippen LogP contribution in [0.15, 0.2) is 28.7 Å². The number of benzene rings is 1. The molecule has 1 heterocycles. The molecule has 2 rings (SSSR count). The van der Waals surface area contributed by atoms with Crippen molar-refractivity contribution >= 4 is 11.9 Å². The Bertz CT molecular complexity index is 733. The van der Waals surface area contributed by atoms with Gasteiger partial charge in [-0.3, -0.25) is 4.79 Å². The highest BCUT2D eigenvalue weighted by Gasteiger charge is 2.14. The fraction of sp³-hybridized carbons (Fsp3) is 0.294. The van der Waals surface area contributed by atoms with Crippen molar-refractivity contribution in [1.29, 1.82) is 0 Å². The van der Waals surface area contributed by atoms with E-state index in [1.165, 1.54) is 19.2 Å². The van der Waals surface area contributed by atoms with Crippen LogP contribution in [0.1, 0.15) is 37.8 Å². The molecule has 122 valence electrons. The summed E-state index contributed by atoms with van der Waals surface area (Å²) in [6.45, 7) is 4.00. The van der Waals surface area contributed by atoms with E-state index in [1.807, 2.05) is 13.0 Å². The van der Waals surface area contributed by atoms with E-state index in [1.54, 1.807) is 13.0 Å². The molecule has 0 fully saturated rings. The Morgan fingerprint density at radius 1 is 1.26 bits per heavy atom. The second-order valence-electron chi connectivity index (χ2n) is 5.21. The number of methoxy groups -OCH3 is 1. The van der Waals surface area contributed by atoms with E-state index in [9.17, 15) is 9.59 Å². The van der Waals surface area contributed by atoms with Gasteiger partial charge in [-0.15, -0.1) is 0 Å². The lowest BCUT2D eigenvalue weighted by Crippen LogP contribution is -2.26. The van der Waals surface area contributed by atoms with E-state index in [0.29, 0.717) is 30.2 Å². The summed E-state index contributed by atoms with van der Waals surface area (Å²) in [6, 6.07) is 6.49. The number of hydrogen-bond acceptors (Lipinski definition) is 4. The monoisotopic (exact) mass is 317 g/mol. The van der Waals surface area contributed by atoms with E-state index in [0.717, 1.165) is 11.1 Å². The third-order valence-corrected chi connectivity index (χ3v) is 3.46. The highest BCUT2D eigenvalue weighted by atomic mass is 16.5. The average Bonchev–Trinajstić information content (AvgIpc) is 2.85. The highest BCUT2D eigenvalue weighted by molar-refractivity contribution is 5.92. The molecular weight excluding hydrogens is 298 g/mol. The van der Waals surface area contributed by atoms with Crippen molar-refractivity contribution in [2.45, 2.75) is 20.3 Å². The van der Waals surface area contributed by atoms with Gasteiger partial charge in [0, 0.05) is 12.1 Å². The van der Waals surface area contributed by atoms with Crippen molar-refractivity contribution in [3.05, 3.63) is 52.5 Å². The first kappa shape index (κ1) is 16.6. The fourth-order valence-corrected chi connectivity index (χ4v) is 2.34. The van der Waals surface area contributed by atoms with Gasteiger partial charge in [0.05, 0.1) is 12.7 Å². The van der Waals surface area contributed by atoms with Gasteiger partial charge in [-0.1, -0.05) is 6.07 Å². The Labute approximate surface area is 134 Å². The normalized spacial score (nSPS) is 10.4. The number of nitrogens with one attached hydrogen (secondary N) is 1. The van der Waals surface area contributed by atoms with Crippen LogP contribution in [0, 0.1) is 13.8 Å². The summed E-state index contributed by atoms with van der Waals surface area (Å²) in [4.78, 5) is 23.0. The first-order chi connectivity index (χ1) is 10.9. The molecule has 0 aliphatic heterocycles. The number of amides is 1. The summed E-state index contributed by atoms with van der Waals surface area (Å²) in [5, 5.41) is 11.8. The minimum Gasteiger partial charge on any atom is -0.496 e. The molecule has 0 atom stereocenters. The molecule has 0 aliphatic carbocycles. The molecule has 0 unspecified atom stereocenters. The summed E-state index contributed by atoms with van der Waals surface area (Å²) < 4.78 is 10.6. The summed E-state index contributed by atoms with van der Waals surface area (Å²) in [7, 11) is 1.48. The molecular formula is C17H19NO5. The zero-order valence-corrected chi connectivity index (χ0v) is 13.3. The van der Waals surface area contributed by atoms with E-state index >= 15 is 0 Å². The van der Waals surface area contributed by atoms with Crippen LogP contribution in [0.4, 0.5) is 0 Å². The van der Waals surface area contributed by atoms with Crippen molar-refractivity contribution in [3.63, 3.8) is 0 Å². The Morgan fingerprint density at radius 3 is 2.57 bits per heavy atom. The number of hydrogen-bond donors (Lipinski definition) is 2. The van der Waals surface area contributed by atoms with Crippen LogP contribution in [0.25, 0.3) is 0 Å². The van der Waals surface area contributed by atoms with Crippen molar-refractivity contribution in [1.82, 2.24) is 5.32 Å². The molecule has 23 heavy (non-hydrogen) atoms. The Kier molecular flexibility index (Phi) is 5.05. The van der Waals surface area contributed by atoms with Gasteiger partial charge < -0.3 is 19.6 Å². The number of aryl methyl sites for hydroxylation is 2. The molecule has 0 aliphatic rings. The number of ether oxygens (including phenoxy) is 1. The van der Waals surface area contributed by atoms with Crippen LogP contribution in [0.3, 0.4) is 0 Å². The maximum Gasteiger partial charge on any atom is 0.335 e. The minimum atomic E-state index is -1.01. The Morgan fingerprint density at radius 2 is 2.00 bits per heavy atom. The highest BCUT2D eigenvalue weighted by Crippen LogP contribution is 2.21. The summed E-state index contributed by atoms with van der Waals surface area (Å²) in [5.74, 6) is 0.224. The molecule has 6 heteroatoms. The van der Waals surface area contributed by atoms with Gasteiger partial charge in [0.25, 0.3) is 5.91 Å². The molecule has 0 spiro atoms. The third kappa shape index (κ3) is 3.91. The lowest BCUT2D eigenvalue weighted by Gasteiger charge is -2.10. The quantitative estimate of drug-likeness (QED) is 0.855. The van der Waals surface area contributed by atoms with Gasteiger partial charge in [-0.2, -0.15) is 0 Å². The number of carboxylic acids is 1. The average molecular weight is 317 g/mol. The number of aromatic carboxylic acids is 1. The van der Waals surface area contributed by atoms with Crippen molar-refractivity contribution in [2.24, 2.45) is 0 Å².